The molecule has 2 rings (SSSR count). The Kier molecular flexibility index (Phi) is 5.37. The van der Waals surface area contributed by atoms with Crippen LogP contribution in [0.1, 0.15) is 39.0 Å². The lowest BCUT2D eigenvalue weighted by atomic mass is 9.91. The smallest absolute Gasteiger partial charge is 0.223 e. The molecular formula is C14H26N2OS. The Balaban J connectivity index is 1.86. The minimum absolute atomic E-state index is 0.291. The van der Waals surface area contributed by atoms with E-state index in [4.69, 9.17) is 5.73 Å². The van der Waals surface area contributed by atoms with Gasteiger partial charge in [-0.15, -0.1) is 0 Å². The van der Waals surface area contributed by atoms with E-state index in [0.717, 1.165) is 25.8 Å². The molecule has 0 aromatic rings. The third kappa shape index (κ3) is 3.64. The summed E-state index contributed by atoms with van der Waals surface area (Å²) in [6.07, 6.45) is 5.42. The normalized spacial score (nSPS) is 30.4. The molecule has 2 aliphatic rings. The number of amides is 1. The van der Waals surface area contributed by atoms with Crippen molar-refractivity contribution in [3.63, 3.8) is 0 Å². The van der Waals surface area contributed by atoms with Crippen LogP contribution in [0.4, 0.5) is 0 Å². The van der Waals surface area contributed by atoms with Gasteiger partial charge in [0.05, 0.1) is 0 Å². The molecule has 0 bridgehead atoms. The van der Waals surface area contributed by atoms with E-state index in [2.05, 4.69) is 11.8 Å². The van der Waals surface area contributed by atoms with Crippen LogP contribution in [-0.4, -0.2) is 41.4 Å². The number of likely N-dealkylation sites (tertiary alicyclic amines) is 1. The highest BCUT2D eigenvalue weighted by Crippen LogP contribution is 2.28. The molecular weight excluding hydrogens is 244 g/mol. The highest BCUT2D eigenvalue weighted by molar-refractivity contribution is 7.99. The second kappa shape index (κ2) is 6.80. The van der Waals surface area contributed by atoms with Crippen molar-refractivity contribution in [3.8, 4) is 0 Å². The van der Waals surface area contributed by atoms with Gasteiger partial charge in [0.2, 0.25) is 5.91 Å². The number of carbonyl (C=O) groups is 1. The summed E-state index contributed by atoms with van der Waals surface area (Å²) in [5, 5.41) is 0. The number of piperidine rings is 1. The minimum Gasteiger partial charge on any atom is -0.338 e. The number of hydrogen-bond acceptors (Lipinski definition) is 3. The molecule has 2 N–H and O–H groups in total. The van der Waals surface area contributed by atoms with E-state index in [1.54, 1.807) is 0 Å². The molecule has 1 amide bonds. The van der Waals surface area contributed by atoms with Gasteiger partial charge >= 0.3 is 0 Å². The maximum atomic E-state index is 12.4. The van der Waals surface area contributed by atoms with Gasteiger partial charge in [-0.25, -0.2) is 0 Å². The summed E-state index contributed by atoms with van der Waals surface area (Å²) in [6, 6.07) is 0.291. The topological polar surface area (TPSA) is 46.3 Å². The molecule has 0 aromatic heterocycles. The Bertz CT molecular complexity index is 279. The maximum Gasteiger partial charge on any atom is 0.223 e. The van der Waals surface area contributed by atoms with Gasteiger partial charge in [-0.2, -0.15) is 11.8 Å². The zero-order chi connectivity index (χ0) is 13.0. The van der Waals surface area contributed by atoms with Crippen molar-refractivity contribution in [2.24, 2.45) is 17.6 Å². The van der Waals surface area contributed by atoms with E-state index in [0.29, 0.717) is 30.3 Å². The number of hydrogen-bond donors (Lipinski definition) is 1. The van der Waals surface area contributed by atoms with E-state index in [9.17, 15) is 4.79 Å². The van der Waals surface area contributed by atoms with Crippen LogP contribution >= 0.6 is 11.8 Å². The van der Waals surface area contributed by atoms with Crippen LogP contribution in [0, 0.1) is 11.8 Å². The van der Waals surface area contributed by atoms with Gasteiger partial charge in [0, 0.05) is 25.6 Å². The summed E-state index contributed by atoms with van der Waals surface area (Å²) in [7, 11) is 0. The fourth-order valence-electron chi connectivity index (χ4n) is 3.12. The molecule has 18 heavy (non-hydrogen) atoms. The van der Waals surface area contributed by atoms with Crippen molar-refractivity contribution < 1.29 is 4.79 Å². The zero-order valence-electron chi connectivity index (χ0n) is 11.4. The molecule has 2 unspecified atom stereocenters. The van der Waals surface area contributed by atoms with Gasteiger partial charge in [0.15, 0.2) is 0 Å². The fraction of sp³-hybridized carbons (Fsp3) is 0.929. The summed E-state index contributed by atoms with van der Waals surface area (Å²) < 4.78 is 0. The molecule has 2 saturated heterocycles. The van der Waals surface area contributed by atoms with Gasteiger partial charge in [0.1, 0.15) is 0 Å². The third-order valence-electron chi connectivity index (χ3n) is 4.37. The van der Waals surface area contributed by atoms with Crippen LogP contribution in [0.25, 0.3) is 0 Å². The van der Waals surface area contributed by atoms with Crippen molar-refractivity contribution in [2.45, 2.75) is 45.1 Å². The Morgan fingerprint density at radius 2 is 2.06 bits per heavy atom. The molecule has 2 fully saturated rings. The SMILES string of the molecule is CC1CCN(C(=O)CC2CCSCC2)C(CN)C1. The molecule has 0 saturated carbocycles. The standard InChI is InChI=1S/C14H26N2OS/c1-11-2-5-16(13(8-11)10-15)14(17)9-12-3-6-18-7-4-12/h11-13H,2-10,15H2,1H3. The Labute approximate surface area is 115 Å². The summed E-state index contributed by atoms with van der Waals surface area (Å²) >= 11 is 2.02. The van der Waals surface area contributed by atoms with Crippen molar-refractivity contribution in [3.05, 3.63) is 0 Å². The number of thioether (sulfide) groups is 1. The number of nitrogens with two attached hydrogens (primary N) is 1. The number of nitrogens with zero attached hydrogens (tertiary/aromatic N) is 1. The van der Waals surface area contributed by atoms with Crippen molar-refractivity contribution in [2.75, 3.05) is 24.6 Å². The fourth-order valence-corrected chi connectivity index (χ4v) is 4.32. The lowest BCUT2D eigenvalue weighted by Crippen LogP contribution is -2.49. The minimum atomic E-state index is 0.291. The number of carbonyl (C=O) groups excluding carboxylic acids is 1. The molecule has 0 spiro atoms. The van der Waals surface area contributed by atoms with Crippen LogP contribution in [0.2, 0.25) is 0 Å². The Morgan fingerprint density at radius 1 is 1.33 bits per heavy atom. The Hall–Kier alpha value is -0.220. The van der Waals surface area contributed by atoms with Crippen LogP contribution in [0.15, 0.2) is 0 Å². The molecule has 4 heteroatoms. The lowest BCUT2D eigenvalue weighted by molar-refractivity contribution is -0.136. The van der Waals surface area contributed by atoms with Crippen molar-refractivity contribution in [1.29, 1.82) is 0 Å². The summed E-state index contributed by atoms with van der Waals surface area (Å²) in [5.41, 5.74) is 5.83. The van der Waals surface area contributed by atoms with Gasteiger partial charge < -0.3 is 10.6 Å². The first-order valence-corrected chi connectivity index (χ1v) is 8.43. The largest absolute Gasteiger partial charge is 0.338 e. The first-order valence-electron chi connectivity index (χ1n) is 7.28. The van der Waals surface area contributed by atoms with E-state index < -0.39 is 0 Å². The average molecular weight is 270 g/mol. The predicted octanol–water partition coefficient (Wildman–Crippen LogP) is 2.11. The van der Waals surface area contributed by atoms with E-state index in [1.807, 2.05) is 11.8 Å². The van der Waals surface area contributed by atoms with Crippen molar-refractivity contribution >= 4 is 17.7 Å². The molecule has 0 radical (unpaired) electrons. The second-order valence-corrected chi connectivity index (χ2v) is 7.09. The maximum absolute atomic E-state index is 12.4. The predicted molar refractivity (Wildman–Crippen MR) is 77.6 cm³/mol. The monoisotopic (exact) mass is 270 g/mol. The zero-order valence-corrected chi connectivity index (χ0v) is 12.3. The molecule has 0 aromatic carbocycles. The average Bonchev–Trinajstić information content (AvgIpc) is 2.39. The molecule has 2 atom stereocenters. The highest BCUT2D eigenvalue weighted by atomic mass is 32.2. The molecule has 104 valence electrons. The van der Waals surface area contributed by atoms with E-state index in [1.165, 1.54) is 24.3 Å². The van der Waals surface area contributed by atoms with Gasteiger partial charge in [-0.1, -0.05) is 6.92 Å². The summed E-state index contributed by atoms with van der Waals surface area (Å²) in [6.45, 7) is 3.81. The van der Waals surface area contributed by atoms with E-state index in [-0.39, 0.29) is 0 Å². The van der Waals surface area contributed by atoms with Gasteiger partial charge in [-0.05, 0) is 49.0 Å². The van der Waals surface area contributed by atoms with Crippen LogP contribution in [-0.2, 0) is 4.79 Å². The molecule has 3 nitrogen and oxygen atoms in total. The quantitative estimate of drug-likeness (QED) is 0.854. The highest BCUT2D eigenvalue weighted by Gasteiger charge is 2.30. The van der Waals surface area contributed by atoms with Gasteiger partial charge in [0.25, 0.3) is 0 Å². The third-order valence-corrected chi connectivity index (χ3v) is 5.42. The molecule has 0 aliphatic carbocycles. The van der Waals surface area contributed by atoms with Crippen molar-refractivity contribution in [1.82, 2.24) is 4.90 Å². The first-order chi connectivity index (χ1) is 8.70. The summed E-state index contributed by atoms with van der Waals surface area (Å²) in [4.78, 5) is 14.5. The van der Waals surface area contributed by atoms with Crippen LogP contribution in [0.3, 0.4) is 0 Å². The first kappa shape index (κ1) is 14.2. The van der Waals surface area contributed by atoms with Gasteiger partial charge in [-0.3, -0.25) is 4.79 Å². The molecule has 2 heterocycles. The Morgan fingerprint density at radius 3 is 2.72 bits per heavy atom. The van der Waals surface area contributed by atoms with E-state index >= 15 is 0 Å². The van der Waals surface area contributed by atoms with Crippen LogP contribution < -0.4 is 5.73 Å². The molecule has 2 aliphatic heterocycles. The summed E-state index contributed by atoms with van der Waals surface area (Å²) in [5.74, 6) is 4.16. The second-order valence-electron chi connectivity index (χ2n) is 5.87. The number of rotatable bonds is 3. The van der Waals surface area contributed by atoms with Crippen LogP contribution in [0.5, 0.6) is 0 Å². The lowest BCUT2D eigenvalue weighted by Gasteiger charge is -2.39.